The van der Waals surface area contributed by atoms with Crippen LogP contribution in [-0.2, 0) is 17.6 Å². The zero-order valence-corrected chi connectivity index (χ0v) is 12.4. The first-order valence-corrected chi connectivity index (χ1v) is 7.63. The number of primary amides is 1. The van der Waals surface area contributed by atoms with E-state index in [-0.39, 0.29) is 11.8 Å². The summed E-state index contributed by atoms with van der Waals surface area (Å²) in [6, 6.07) is 20.6. The quantitative estimate of drug-likeness (QED) is 0.736. The van der Waals surface area contributed by atoms with Crippen molar-refractivity contribution in [1.82, 2.24) is 0 Å². The van der Waals surface area contributed by atoms with Crippen molar-refractivity contribution in [3.8, 4) is 0 Å². The van der Waals surface area contributed by atoms with Gasteiger partial charge in [0.25, 0.3) is 0 Å². The molecule has 0 heterocycles. The van der Waals surface area contributed by atoms with Crippen LogP contribution in [0.3, 0.4) is 0 Å². The fourth-order valence-electron chi connectivity index (χ4n) is 2.61. The molecule has 0 aliphatic rings. The van der Waals surface area contributed by atoms with Gasteiger partial charge >= 0.3 is 0 Å². The van der Waals surface area contributed by atoms with Crippen molar-refractivity contribution in [3.05, 3.63) is 71.8 Å². The Bertz CT molecular complexity index is 536. The highest BCUT2D eigenvalue weighted by Crippen LogP contribution is 2.16. The number of aryl methyl sites for hydroxylation is 1. The highest BCUT2D eigenvalue weighted by molar-refractivity contribution is 5.76. The highest BCUT2D eigenvalue weighted by Gasteiger charge is 2.15. The van der Waals surface area contributed by atoms with Crippen LogP contribution in [-0.4, -0.2) is 5.91 Å². The maximum Gasteiger partial charge on any atom is 0.220 e. The minimum absolute atomic E-state index is 0.0526. The van der Waals surface area contributed by atoms with Crippen molar-refractivity contribution in [2.75, 3.05) is 0 Å². The summed E-state index contributed by atoms with van der Waals surface area (Å²) in [7, 11) is 0. The molecule has 2 N–H and O–H groups in total. The fourth-order valence-corrected chi connectivity index (χ4v) is 2.61. The van der Waals surface area contributed by atoms with Crippen LogP contribution in [0, 0.1) is 5.92 Å². The van der Waals surface area contributed by atoms with E-state index in [0.717, 1.165) is 32.1 Å². The normalized spacial score (nSPS) is 12.0. The molecule has 2 heteroatoms. The molecule has 110 valence electrons. The SMILES string of the molecule is NC(=O)C(CCCCc1ccccc1)Cc1ccccc1. The van der Waals surface area contributed by atoms with Crippen LogP contribution in [0.4, 0.5) is 0 Å². The molecule has 2 rings (SSSR count). The van der Waals surface area contributed by atoms with Gasteiger partial charge in [-0.2, -0.15) is 0 Å². The molecule has 0 aliphatic heterocycles. The van der Waals surface area contributed by atoms with E-state index in [1.807, 2.05) is 24.3 Å². The summed E-state index contributed by atoms with van der Waals surface area (Å²) in [5.41, 5.74) is 8.08. The van der Waals surface area contributed by atoms with E-state index >= 15 is 0 Å². The first-order chi connectivity index (χ1) is 10.3. The van der Waals surface area contributed by atoms with E-state index in [2.05, 4.69) is 36.4 Å². The van der Waals surface area contributed by atoms with Crippen molar-refractivity contribution < 1.29 is 4.79 Å². The average Bonchev–Trinajstić information content (AvgIpc) is 2.52. The molecule has 0 spiro atoms. The molecule has 1 atom stereocenters. The largest absolute Gasteiger partial charge is 0.369 e. The maximum atomic E-state index is 11.6. The van der Waals surface area contributed by atoms with Gasteiger partial charge in [-0.25, -0.2) is 0 Å². The summed E-state index contributed by atoms with van der Waals surface area (Å²) in [5.74, 6) is -0.235. The monoisotopic (exact) mass is 281 g/mol. The lowest BCUT2D eigenvalue weighted by Gasteiger charge is -2.13. The lowest BCUT2D eigenvalue weighted by atomic mass is 9.92. The van der Waals surface area contributed by atoms with Gasteiger partial charge in [0.1, 0.15) is 0 Å². The Morgan fingerprint density at radius 3 is 2.00 bits per heavy atom. The first-order valence-electron chi connectivity index (χ1n) is 7.63. The van der Waals surface area contributed by atoms with Crippen LogP contribution < -0.4 is 5.73 Å². The molecular formula is C19H23NO. The average molecular weight is 281 g/mol. The standard InChI is InChI=1S/C19H23NO/c20-19(21)18(15-17-12-5-2-6-13-17)14-8-7-11-16-9-3-1-4-10-16/h1-6,9-10,12-13,18H,7-8,11,14-15H2,(H2,20,21). The Morgan fingerprint density at radius 2 is 1.43 bits per heavy atom. The molecule has 2 nitrogen and oxygen atoms in total. The summed E-state index contributed by atoms with van der Waals surface area (Å²) >= 11 is 0. The van der Waals surface area contributed by atoms with E-state index < -0.39 is 0 Å². The van der Waals surface area contributed by atoms with Crippen LogP contribution in [0.1, 0.15) is 30.4 Å². The molecule has 1 unspecified atom stereocenters. The Labute approximate surface area is 127 Å². The second-order valence-corrected chi connectivity index (χ2v) is 5.52. The zero-order valence-electron chi connectivity index (χ0n) is 12.4. The van der Waals surface area contributed by atoms with Crippen LogP contribution in [0.2, 0.25) is 0 Å². The Kier molecular flexibility index (Phi) is 6.01. The molecule has 2 aromatic carbocycles. The summed E-state index contributed by atoms with van der Waals surface area (Å²) in [4.78, 5) is 11.6. The number of carbonyl (C=O) groups excluding carboxylic acids is 1. The Hall–Kier alpha value is -2.09. The molecule has 0 radical (unpaired) electrons. The van der Waals surface area contributed by atoms with Gasteiger partial charge in [0, 0.05) is 5.92 Å². The minimum atomic E-state index is -0.182. The minimum Gasteiger partial charge on any atom is -0.369 e. The fraction of sp³-hybridized carbons (Fsp3) is 0.316. The third kappa shape index (κ3) is 5.42. The van der Waals surface area contributed by atoms with Gasteiger partial charge < -0.3 is 5.73 Å². The second kappa shape index (κ2) is 8.25. The van der Waals surface area contributed by atoms with Crippen LogP contribution in [0.25, 0.3) is 0 Å². The van der Waals surface area contributed by atoms with Gasteiger partial charge in [0.15, 0.2) is 0 Å². The van der Waals surface area contributed by atoms with Gasteiger partial charge in [0.05, 0.1) is 0 Å². The van der Waals surface area contributed by atoms with Crippen LogP contribution in [0.15, 0.2) is 60.7 Å². The predicted octanol–water partition coefficient (Wildman–Crippen LogP) is 3.74. The van der Waals surface area contributed by atoms with Crippen molar-refractivity contribution in [2.45, 2.75) is 32.1 Å². The number of benzene rings is 2. The molecule has 0 saturated carbocycles. The first kappa shape index (κ1) is 15.3. The number of hydrogen-bond donors (Lipinski definition) is 1. The number of nitrogens with two attached hydrogens (primary N) is 1. The molecular weight excluding hydrogens is 258 g/mol. The number of carbonyl (C=O) groups is 1. The highest BCUT2D eigenvalue weighted by atomic mass is 16.1. The van der Waals surface area contributed by atoms with Crippen LogP contribution in [0.5, 0.6) is 0 Å². The van der Waals surface area contributed by atoms with Crippen molar-refractivity contribution in [2.24, 2.45) is 11.7 Å². The number of hydrogen-bond acceptors (Lipinski definition) is 1. The molecule has 0 aliphatic carbocycles. The number of amides is 1. The van der Waals surface area contributed by atoms with E-state index in [9.17, 15) is 4.79 Å². The number of unbranched alkanes of at least 4 members (excludes halogenated alkanes) is 1. The predicted molar refractivity (Wildman–Crippen MR) is 86.8 cm³/mol. The summed E-state index contributed by atoms with van der Waals surface area (Å²) in [6.07, 6.45) is 4.83. The van der Waals surface area contributed by atoms with Gasteiger partial charge in [0.2, 0.25) is 5.91 Å². The van der Waals surface area contributed by atoms with E-state index in [4.69, 9.17) is 5.73 Å². The third-order valence-corrected chi connectivity index (χ3v) is 3.84. The van der Waals surface area contributed by atoms with Gasteiger partial charge in [-0.15, -0.1) is 0 Å². The molecule has 2 aromatic rings. The molecule has 0 fully saturated rings. The molecule has 0 bridgehead atoms. The maximum absolute atomic E-state index is 11.6. The van der Waals surface area contributed by atoms with E-state index in [1.54, 1.807) is 0 Å². The van der Waals surface area contributed by atoms with Crippen LogP contribution >= 0.6 is 0 Å². The summed E-state index contributed by atoms with van der Waals surface area (Å²) in [5, 5.41) is 0. The lowest BCUT2D eigenvalue weighted by molar-refractivity contribution is -0.122. The van der Waals surface area contributed by atoms with Crippen molar-refractivity contribution in [1.29, 1.82) is 0 Å². The molecule has 0 aromatic heterocycles. The summed E-state index contributed by atoms with van der Waals surface area (Å²) < 4.78 is 0. The van der Waals surface area contributed by atoms with Crippen molar-refractivity contribution in [3.63, 3.8) is 0 Å². The lowest BCUT2D eigenvalue weighted by Crippen LogP contribution is -2.25. The molecule has 21 heavy (non-hydrogen) atoms. The number of rotatable bonds is 8. The van der Waals surface area contributed by atoms with Gasteiger partial charge in [-0.3, -0.25) is 4.79 Å². The second-order valence-electron chi connectivity index (χ2n) is 5.52. The smallest absolute Gasteiger partial charge is 0.220 e. The van der Waals surface area contributed by atoms with Gasteiger partial charge in [-0.05, 0) is 36.8 Å². The zero-order chi connectivity index (χ0) is 14.9. The third-order valence-electron chi connectivity index (χ3n) is 3.84. The van der Waals surface area contributed by atoms with E-state index in [0.29, 0.717) is 0 Å². The topological polar surface area (TPSA) is 43.1 Å². The van der Waals surface area contributed by atoms with E-state index in [1.165, 1.54) is 11.1 Å². The van der Waals surface area contributed by atoms with Gasteiger partial charge in [-0.1, -0.05) is 67.1 Å². The summed E-state index contributed by atoms with van der Waals surface area (Å²) in [6.45, 7) is 0. The molecule has 1 amide bonds. The molecule has 0 saturated heterocycles. The van der Waals surface area contributed by atoms with Crippen molar-refractivity contribution >= 4 is 5.91 Å². The Morgan fingerprint density at radius 1 is 0.857 bits per heavy atom. The Balaban J connectivity index is 1.77.